The van der Waals surface area contributed by atoms with Gasteiger partial charge in [0, 0.05) is 0 Å². The smallest absolute Gasteiger partial charge is 0.164 e. The summed E-state index contributed by atoms with van der Waals surface area (Å²) in [6.45, 7) is 9.06. The molecule has 1 saturated carbocycles. The van der Waals surface area contributed by atoms with Gasteiger partial charge in [-0.2, -0.15) is 0 Å². The molecule has 0 aromatic carbocycles. The fourth-order valence-corrected chi connectivity index (χ4v) is 2.70. The monoisotopic (exact) mass is 198 g/mol. The Labute approximate surface area is 84.8 Å². The van der Waals surface area contributed by atoms with Crippen LogP contribution in [-0.4, -0.2) is 25.3 Å². The molecule has 3 heteroatoms. The lowest BCUT2D eigenvalue weighted by Gasteiger charge is -2.62. The summed E-state index contributed by atoms with van der Waals surface area (Å²) in [4.78, 5) is 11.8. The van der Waals surface area contributed by atoms with Gasteiger partial charge in [0.2, 0.25) is 0 Å². The van der Waals surface area contributed by atoms with Gasteiger partial charge in [-0.15, -0.1) is 0 Å². The molecule has 2 rings (SSSR count). The molecule has 1 heterocycles. The summed E-state index contributed by atoms with van der Waals surface area (Å²) in [6.07, 6.45) is 0.0347. The third-order valence-electron chi connectivity index (χ3n) is 4.37. The average molecular weight is 198 g/mol. The van der Waals surface area contributed by atoms with Crippen LogP contribution in [0.25, 0.3) is 0 Å². The van der Waals surface area contributed by atoms with Crippen LogP contribution in [-0.2, 0) is 14.3 Å². The van der Waals surface area contributed by atoms with Gasteiger partial charge in [0.1, 0.15) is 13.4 Å². The van der Waals surface area contributed by atoms with E-state index in [0.29, 0.717) is 0 Å². The van der Waals surface area contributed by atoms with E-state index in [4.69, 9.17) is 9.47 Å². The van der Waals surface area contributed by atoms with E-state index in [1.54, 1.807) is 0 Å². The van der Waals surface area contributed by atoms with E-state index in [1.165, 1.54) is 0 Å². The molecule has 0 N–H and O–H groups in total. The van der Waals surface area contributed by atoms with Crippen LogP contribution in [0.1, 0.15) is 27.7 Å². The van der Waals surface area contributed by atoms with Gasteiger partial charge in [0.15, 0.2) is 5.78 Å². The van der Waals surface area contributed by atoms with Crippen molar-refractivity contribution in [2.45, 2.75) is 33.8 Å². The highest BCUT2D eigenvalue weighted by Crippen LogP contribution is 2.61. The summed E-state index contributed by atoms with van der Waals surface area (Å²) >= 11 is 0. The molecule has 0 unspecified atom stereocenters. The minimum atomic E-state index is 0.0139. The normalized spacial score (nSPS) is 39.6. The summed E-state index contributed by atoms with van der Waals surface area (Å²) in [5.41, 5.74) is 0.0729. The topological polar surface area (TPSA) is 35.5 Å². The molecule has 80 valence electrons. The number of ketones is 1. The van der Waals surface area contributed by atoms with Crippen molar-refractivity contribution in [2.75, 3.05) is 13.4 Å². The Morgan fingerprint density at radius 2 is 1.86 bits per heavy atom. The highest BCUT2D eigenvalue weighted by Gasteiger charge is 2.65. The molecular formula is C11H18O3. The average Bonchev–Trinajstić information content (AvgIpc) is 2.26. The minimum absolute atomic E-state index is 0.0139. The zero-order chi connectivity index (χ0) is 10.6. The molecule has 1 saturated heterocycles. The summed E-state index contributed by atoms with van der Waals surface area (Å²) in [5, 5.41) is 0. The molecule has 2 atom stereocenters. The number of Topliss-reactive ketones (excluding diaryl/α,β-unsaturated/α-hetero) is 1. The van der Waals surface area contributed by atoms with E-state index in [0.717, 1.165) is 0 Å². The van der Waals surface area contributed by atoms with Gasteiger partial charge >= 0.3 is 0 Å². The zero-order valence-corrected chi connectivity index (χ0v) is 9.29. The van der Waals surface area contributed by atoms with Gasteiger partial charge in [-0.25, -0.2) is 0 Å². The Kier molecular flexibility index (Phi) is 2.02. The molecule has 0 bridgehead atoms. The first-order valence-electron chi connectivity index (χ1n) is 5.11. The highest BCUT2D eigenvalue weighted by atomic mass is 16.7. The third-order valence-corrected chi connectivity index (χ3v) is 4.37. The Bertz CT molecular complexity index is 268. The number of carbonyl (C=O) groups is 1. The number of hydrogen-bond donors (Lipinski definition) is 0. The minimum Gasteiger partial charge on any atom is -0.351 e. The standard InChI is InChI=1S/C11H18O3/c1-10(2)8-7(12)5-13-6-14-9(8)11(10,3)4/h8-9H,5-6H2,1-4H3/t8-,9+/m1/s1. The molecule has 2 aliphatic rings. The van der Waals surface area contributed by atoms with Crippen molar-refractivity contribution in [2.24, 2.45) is 16.7 Å². The predicted octanol–water partition coefficient (Wildman–Crippen LogP) is 1.61. The Morgan fingerprint density at radius 1 is 1.21 bits per heavy atom. The molecule has 0 aromatic rings. The second-order valence-electron chi connectivity index (χ2n) is 5.44. The van der Waals surface area contributed by atoms with Crippen molar-refractivity contribution in [1.82, 2.24) is 0 Å². The van der Waals surface area contributed by atoms with Crippen LogP contribution >= 0.6 is 0 Å². The van der Waals surface area contributed by atoms with Crippen LogP contribution in [0.5, 0.6) is 0 Å². The van der Waals surface area contributed by atoms with Gasteiger partial charge < -0.3 is 9.47 Å². The number of ether oxygens (including phenoxy) is 2. The van der Waals surface area contributed by atoms with Gasteiger partial charge in [-0.3, -0.25) is 4.79 Å². The number of hydrogen-bond acceptors (Lipinski definition) is 3. The van der Waals surface area contributed by atoms with Crippen LogP contribution in [0.3, 0.4) is 0 Å². The first kappa shape index (κ1) is 10.1. The van der Waals surface area contributed by atoms with Crippen molar-refractivity contribution >= 4 is 5.78 Å². The Hall–Kier alpha value is -0.410. The van der Waals surface area contributed by atoms with Crippen molar-refractivity contribution in [3.05, 3.63) is 0 Å². The molecule has 0 radical (unpaired) electrons. The zero-order valence-electron chi connectivity index (χ0n) is 9.29. The molecule has 0 spiro atoms. The first-order valence-corrected chi connectivity index (χ1v) is 5.11. The second-order valence-corrected chi connectivity index (χ2v) is 5.44. The van der Waals surface area contributed by atoms with Crippen molar-refractivity contribution in [3.8, 4) is 0 Å². The molecule has 0 aromatic heterocycles. The van der Waals surface area contributed by atoms with Crippen LogP contribution in [0.15, 0.2) is 0 Å². The third kappa shape index (κ3) is 1.03. The van der Waals surface area contributed by atoms with Gasteiger partial charge in [0.25, 0.3) is 0 Å². The Morgan fingerprint density at radius 3 is 2.50 bits per heavy atom. The lowest BCUT2D eigenvalue weighted by molar-refractivity contribution is -0.237. The van der Waals surface area contributed by atoms with E-state index < -0.39 is 0 Å². The predicted molar refractivity (Wildman–Crippen MR) is 51.8 cm³/mol. The SMILES string of the molecule is CC1(C)[C@@H]2C(=O)COCO[C@@H]2C1(C)C. The molecule has 3 nitrogen and oxygen atoms in total. The van der Waals surface area contributed by atoms with E-state index in [1.807, 2.05) is 0 Å². The number of fused-ring (bicyclic) bond motifs is 1. The lowest BCUT2D eigenvalue weighted by atomic mass is 9.44. The van der Waals surface area contributed by atoms with Gasteiger partial charge in [-0.05, 0) is 10.8 Å². The maximum Gasteiger partial charge on any atom is 0.164 e. The molecule has 1 aliphatic heterocycles. The van der Waals surface area contributed by atoms with Gasteiger partial charge in [0.05, 0.1) is 12.0 Å². The van der Waals surface area contributed by atoms with Crippen molar-refractivity contribution in [1.29, 1.82) is 0 Å². The maximum atomic E-state index is 11.8. The number of carbonyl (C=O) groups excluding carboxylic acids is 1. The largest absolute Gasteiger partial charge is 0.351 e. The van der Waals surface area contributed by atoms with E-state index >= 15 is 0 Å². The van der Waals surface area contributed by atoms with Crippen LogP contribution in [0, 0.1) is 16.7 Å². The highest BCUT2D eigenvalue weighted by molar-refractivity contribution is 5.85. The van der Waals surface area contributed by atoms with Crippen LogP contribution in [0.2, 0.25) is 0 Å². The second kappa shape index (κ2) is 2.80. The quantitative estimate of drug-likeness (QED) is 0.593. The molecule has 14 heavy (non-hydrogen) atoms. The van der Waals surface area contributed by atoms with Crippen molar-refractivity contribution < 1.29 is 14.3 Å². The van der Waals surface area contributed by atoms with Gasteiger partial charge in [-0.1, -0.05) is 27.7 Å². The molecule has 1 aliphatic carbocycles. The fraction of sp³-hybridized carbons (Fsp3) is 0.909. The fourth-order valence-electron chi connectivity index (χ4n) is 2.70. The van der Waals surface area contributed by atoms with E-state index in [2.05, 4.69) is 27.7 Å². The summed E-state index contributed by atoms with van der Waals surface area (Å²) in [6, 6.07) is 0. The Balaban J connectivity index is 2.30. The number of rotatable bonds is 0. The van der Waals surface area contributed by atoms with Crippen molar-refractivity contribution in [3.63, 3.8) is 0 Å². The van der Waals surface area contributed by atoms with Crippen LogP contribution in [0.4, 0.5) is 0 Å². The summed E-state index contributed by atoms with van der Waals surface area (Å²) in [7, 11) is 0. The lowest BCUT2D eigenvalue weighted by Crippen LogP contribution is -2.66. The van der Waals surface area contributed by atoms with Crippen LogP contribution < -0.4 is 0 Å². The van der Waals surface area contributed by atoms with E-state index in [-0.39, 0.29) is 42.0 Å². The summed E-state index contributed by atoms with van der Waals surface area (Å²) < 4.78 is 10.7. The summed E-state index contributed by atoms with van der Waals surface area (Å²) in [5.74, 6) is 0.205. The first-order chi connectivity index (χ1) is 6.39. The maximum absolute atomic E-state index is 11.8. The molecule has 2 fully saturated rings. The van der Waals surface area contributed by atoms with E-state index in [9.17, 15) is 4.79 Å². The molecule has 0 amide bonds. The molecular weight excluding hydrogens is 180 g/mol.